The van der Waals surface area contributed by atoms with Crippen molar-refractivity contribution >= 4 is 0 Å². The van der Waals surface area contributed by atoms with Gasteiger partial charge < -0.3 is 4.74 Å². The molecule has 0 aromatic heterocycles. The van der Waals surface area contributed by atoms with E-state index in [1.807, 2.05) is 25.1 Å². The summed E-state index contributed by atoms with van der Waals surface area (Å²) in [7, 11) is 0. The van der Waals surface area contributed by atoms with E-state index in [1.165, 1.54) is 30.4 Å². The minimum Gasteiger partial charge on any atom is -0.377 e. The van der Waals surface area contributed by atoms with Gasteiger partial charge in [0.2, 0.25) is 0 Å². The summed E-state index contributed by atoms with van der Waals surface area (Å²) < 4.78 is 5.22. The van der Waals surface area contributed by atoms with Crippen LogP contribution in [0, 0.1) is 0 Å². The Hall–Kier alpha value is -1.60. The first-order chi connectivity index (χ1) is 9.86. The standard InChI is InChI=1S/C10H14.C9H12O/c1-2-3-7-10-8-5-4-6-9-10;1-2-10-8-9-6-4-3-5-7-9/h4-6,8-9H,2-3,7H2,1H3;3-7H,2,8H2,1H3. The van der Waals surface area contributed by atoms with Gasteiger partial charge in [0.15, 0.2) is 0 Å². The van der Waals surface area contributed by atoms with Crippen LogP contribution in [0.5, 0.6) is 0 Å². The SMILES string of the molecule is CCCCc1ccccc1.CCOCc1ccccc1. The Morgan fingerprint density at radius 2 is 1.30 bits per heavy atom. The number of ether oxygens (including phenoxy) is 1. The highest BCUT2D eigenvalue weighted by Gasteiger charge is 1.88. The summed E-state index contributed by atoms with van der Waals surface area (Å²) in [6.45, 7) is 5.75. The van der Waals surface area contributed by atoms with Gasteiger partial charge >= 0.3 is 0 Å². The predicted molar refractivity (Wildman–Crippen MR) is 86.8 cm³/mol. The van der Waals surface area contributed by atoms with Crippen LogP contribution in [0.3, 0.4) is 0 Å². The molecule has 0 N–H and O–H groups in total. The third-order valence-electron chi connectivity index (χ3n) is 2.98. The monoisotopic (exact) mass is 270 g/mol. The van der Waals surface area contributed by atoms with Crippen molar-refractivity contribution in [2.24, 2.45) is 0 Å². The average Bonchev–Trinajstić information content (AvgIpc) is 2.53. The van der Waals surface area contributed by atoms with Crippen LogP contribution in [0.2, 0.25) is 0 Å². The molecule has 0 aliphatic heterocycles. The summed E-state index contributed by atoms with van der Waals surface area (Å²) in [5, 5.41) is 0. The number of aryl methyl sites for hydroxylation is 1. The molecule has 0 saturated heterocycles. The number of hydrogen-bond acceptors (Lipinski definition) is 1. The van der Waals surface area contributed by atoms with Gasteiger partial charge in [-0.05, 0) is 30.9 Å². The molecule has 0 fully saturated rings. The van der Waals surface area contributed by atoms with E-state index in [0.717, 1.165) is 13.2 Å². The fraction of sp³-hybridized carbons (Fsp3) is 0.368. The Morgan fingerprint density at radius 1 is 0.750 bits per heavy atom. The number of unbranched alkanes of at least 4 members (excludes halogenated alkanes) is 1. The van der Waals surface area contributed by atoms with E-state index in [4.69, 9.17) is 4.74 Å². The van der Waals surface area contributed by atoms with E-state index < -0.39 is 0 Å². The van der Waals surface area contributed by atoms with Crippen LogP contribution < -0.4 is 0 Å². The maximum Gasteiger partial charge on any atom is 0.0716 e. The van der Waals surface area contributed by atoms with Gasteiger partial charge in [0, 0.05) is 6.61 Å². The van der Waals surface area contributed by atoms with Gasteiger partial charge in [0.25, 0.3) is 0 Å². The number of benzene rings is 2. The van der Waals surface area contributed by atoms with E-state index in [-0.39, 0.29) is 0 Å². The van der Waals surface area contributed by atoms with Crippen molar-refractivity contribution < 1.29 is 4.74 Å². The molecule has 0 bridgehead atoms. The molecule has 0 amide bonds. The Bertz CT molecular complexity index is 379. The first-order valence-electron chi connectivity index (χ1n) is 7.52. The van der Waals surface area contributed by atoms with Crippen LogP contribution in [-0.2, 0) is 17.8 Å². The zero-order valence-electron chi connectivity index (χ0n) is 12.7. The normalized spacial score (nSPS) is 9.70. The van der Waals surface area contributed by atoms with Gasteiger partial charge in [-0.25, -0.2) is 0 Å². The first kappa shape index (κ1) is 16.5. The van der Waals surface area contributed by atoms with Gasteiger partial charge in [0.05, 0.1) is 6.61 Å². The third-order valence-corrected chi connectivity index (χ3v) is 2.98. The Kier molecular flexibility index (Phi) is 9.25. The fourth-order valence-electron chi connectivity index (χ4n) is 1.82. The molecule has 0 aliphatic rings. The van der Waals surface area contributed by atoms with Crippen molar-refractivity contribution in [2.75, 3.05) is 6.61 Å². The summed E-state index contributed by atoms with van der Waals surface area (Å²) in [4.78, 5) is 0. The summed E-state index contributed by atoms with van der Waals surface area (Å²) >= 11 is 0. The lowest BCUT2D eigenvalue weighted by atomic mass is 10.1. The molecule has 0 radical (unpaired) electrons. The molecule has 1 heteroatoms. The minimum atomic E-state index is 0.733. The first-order valence-corrected chi connectivity index (χ1v) is 7.52. The molecular formula is C19H26O. The highest BCUT2D eigenvalue weighted by molar-refractivity contribution is 5.14. The third kappa shape index (κ3) is 7.75. The topological polar surface area (TPSA) is 9.23 Å². The van der Waals surface area contributed by atoms with Gasteiger partial charge in [0.1, 0.15) is 0 Å². The lowest BCUT2D eigenvalue weighted by Crippen LogP contribution is -1.90. The van der Waals surface area contributed by atoms with Gasteiger partial charge in [-0.3, -0.25) is 0 Å². The lowest BCUT2D eigenvalue weighted by molar-refractivity contribution is 0.134. The summed E-state index contributed by atoms with van der Waals surface area (Å²) in [6.07, 6.45) is 3.83. The predicted octanol–water partition coefficient (Wildman–Crippen LogP) is 5.25. The molecule has 0 saturated carbocycles. The molecule has 20 heavy (non-hydrogen) atoms. The second kappa shape index (κ2) is 11.2. The Morgan fingerprint density at radius 3 is 1.80 bits per heavy atom. The van der Waals surface area contributed by atoms with Crippen molar-refractivity contribution in [1.82, 2.24) is 0 Å². The van der Waals surface area contributed by atoms with Gasteiger partial charge in [-0.15, -0.1) is 0 Å². The second-order valence-corrected chi connectivity index (χ2v) is 4.71. The van der Waals surface area contributed by atoms with Gasteiger partial charge in [-0.2, -0.15) is 0 Å². The van der Waals surface area contributed by atoms with Crippen LogP contribution in [-0.4, -0.2) is 6.61 Å². The number of rotatable bonds is 6. The van der Waals surface area contributed by atoms with Gasteiger partial charge in [-0.1, -0.05) is 74.0 Å². The molecule has 0 unspecified atom stereocenters. The summed E-state index contributed by atoms with van der Waals surface area (Å²) in [5.41, 5.74) is 2.70. The Balaban J connectivity index is 0.000000200. The maximum atomic E-state index is 5.22. The fourth-order valence-corrected chi connectivity index (χ4v) is 1.82. The summed E-state index contributed by atoms with van der Waals surface area (Å²) in [6, 6.07) is 20.8. The van der Waals surface area contributed by atoms with Crippen molar-refractivity contribution in [3.63, 3.8) is 0 Å². The molecule has 0 aliphatic carbocycles. The van der Waals surface area contributed by atoms with Crippen LogP contribution >= 0.6 is 0 Å². The maximum absolute atomic E-state index is 5.22. The van der Waals surface area contributed by atoms with E-state index in [0.29, 0.717) is 0 Å². The van der Waals surface area contributed by atoms with Crippen molar-refractivity contribution in [1.29, 1.82) is 0 Å². The van der Waals surface area contributed by atoms with E-state index >= 15 is 0 Å². The lowest BCUT2D eigenvalue weighted by Gasteiger charge is -1.98. The smallest absolute Gasteiger partial charge is 0.0716 e. The molecule has 1 nitrogen and oxygen atoms in total. The molecule has 0 spiro atoms. The molecule has 2 aromatic carbocycles. The molecule has 2 aromatic rings. The second-order valence-electron chi connectivity index (χ2n) is 4.71. The highest BCUT2D eigenvalue weighted by Crippen LogP contribution is 2.03. The zero-order chi connectivity index (χ0) is 14.5. The molecule has 0 heterocycles. The molecule has 2 rings (SSSR count). The average molecular weight is 270 g/mol. The van der Waals surface area contributed by atoms with Crippen LogP contribution in [0.1, 0.15) is 37.8 Å². The minimum absolute atomic E-state index is 0.733. The van der Waals surface area contributed by atoms with E-state index in [9.17, 15) is 0 Å². The highest BCUT2D eigenvalue weighted by atomic mass is 16.5. The number of hydrogen-bond donors (Lipinski definition) is 0. The molecule has 0 atom stereocenters. The zero-order valence-corrected chi connectivity index (χ0v) is 12.7. The van der Waals surface area contributed by atoms with Crippen molar-refractivity contribution in [3.05, 3.63) is 71.8 Å². The van der Waals surface area contributed by atoms with Crippen molar-refractivity contribution in [3.8, 4) is 0 Å². The molecule has 108 valence electrons. The van der Waals surface area contributed by atoms with Crippen LogP contribution in [0.15, 0.2) is 60.7 Å². The largest absolute Gasteiger partial charge is 0.377 e. The van der Waals surface area contributed by atoms with E-state index in [1.54, 1.807) is 0 Å². The van der Waals surface area contributed by atoms with Crippen molar-refractivity contribution in [2.45, 2.75) is 39.7 Å². The Labute approximate surface area is 123 Å². The molecular weight excluding hydrogens is 244 g/mol. The van der Waals surface area contributed by atoms with Crippen LogP contribution in [0.4, 0.5) is 0 Å². The van der Waals surface area contributed by atoms with E-state index in [2.05, 4.69) is 49.4 Å². The van der Waals surface area contributed by atoms with Crippen LogP contribution in [0.25, 0.3) is 0 Å². The quantitative estimate of drug-likeness (QED) is 0.696. The summed E-state index contributed by atoms with van der Waals surface area (Å²) in [5.74, 6) is 0.